The van der Waals surface area contributed by atoms with Gasteiger partial charge in [0.05, 0.1) is 109 Å². The number of pyridine rings is 12. The molecule has 0 unspecified atom stereocenters. The second-order valence-electron chi connectivity index (χ2n) is 31.6. The summed E-state index contributed by atoms with van der Waals surface area (Å²) in [7, 11) is 0. The summed E-state index contributed by atoms with van der Waals surface area (Å²) in [5.74, 6) is 2.93. The Labute approximate surface area is 749 Å². The van der Waals surface area contributed by atoms with Crippen molar-refractivity contribution >= 4 is 105 Å². The van der Waals surface area contributed by atoms with Crippen molar-refractivity contribution in [3.63, 3.8) is 0 Å². The summed E-state index contributed by atoms with van der Waals surface area (Å²) >= 11 is 0. The minimum atomic E-state index is -0.0222. The molecule has 1 amide bonds. The van der Waals surface area contributed by atoms with Gasteiger partial charge in [0.1, 0.15) is 44.8 Å². The highest BCUT2D eigenvalue weighted by Crippen LogP contribution is 2.39. The summed E-state index contributed by atoms with van der Waals surface area (Å²) in [4.78, 5) is 97.6. The second-order valence-corrected chi connectivity index (χ2v) is 31.6. The zero-order chi connectivity index (χ0) is 89.0. The molecule has 0 aliphatic rings. The van der Waals surface area contributed by atoms with Gasteiger partial charge in [-0.15, -0.1) is 0 Å². The van der Waals surface area contributed by atoms with E-state index in [-0.39, 0.29) is 11.8 Å². The van der Waals surface area contributed by atoms with Gasteiger partial charge in [-0.3, -0.25) is 85.0 Å². The molecule has 132 heavy (non-hydrogen) atoms. The van der Waals surface area contributed by atoms with Gasteiger partial charge in [0.2, 0.25) is 5.91 Å². The minimum Gasteiger partial charge on any atom is -0.397 e. The third kappa shape index (κ3) is 16.5. The van der Waals surface area contributed by atoms with E-state index in [1.54, 1.807) is 105 Å². The lowest BCUT2D eigenvalue weighted by atomic mass is 10.0. The number of rotatable bonds is 18. The van der Waals surface area contributed by atoms with E-state index in [0.717, 1.165) is 213 Å². The molecule has 0 aliphatic heterocycles. The van der Waals surface area contributed by atoms with Gasteiger partial charge in [-0.1, -0.05) is 75.4 Å². The summed E-state index contributed by atoms with van der Waals surface area (Å²) in [5.41, 5.74) is 36.4. The molecular formula is C100H77N31O. The lowest BCUT2D eigenvalue weighted by Crippen LogP contribution is -2.13. The van der Waals surface area contributed by atoms with Crippen molar-refractivity contribution in [3.8, 4) is 136 Å². The average molecular weight is 1730 g/mol. The van der Waals surface area contributed by atoms with Crippen LogP contribution in [-0.2, 0) is 11.3 Å². The normalized spacial score (nSPS) is 11.4. The molecule has 4 aromatic carbocycles. The van der Waals surface area contributed by atoms with Gasteiger partial charge in [-0.05, 0) is 162 Å². The molecule has 0 aliphatic carbocycles. The first-order valence-corrected chi connectivity index (χ1v) is 42.4. The summed E-state index contributed by atoms with van der Waals surface area (Å²) < 4.78 is 0. The topological polar surface area (TPSA) is 451 Å². The van der Waals surface area contributed by atoms with Gasteiger partial charge in [-0.25, -0.2) is 19.9 Å². The predicted molar refractivity (Wildman–Crippen MR) is 512 cm³/mol. The van der Waals surface area contributed by atoms with Crippen LogP contribution < -0.4 is 16.4 Å². The zero-order valence-corrected chi connectivity index (χ0v) is 70.9. The number of aromatic amines is 8. The maximum Gasteiger partial charge on any atom is 0.224 e. The third-order valence-corrected chi connectivity index (χ3v) is 22.2. The van der Waals surface area contributed by atoms with Crippen LogP contribution in [0.1, 0.15) is 32.8 Å². The first-order valence-electron chi connectivity index (χ1n) is 42.4. The first kappa shape index (κ1) is 80.8. The number of benzene rings is 4. The van der Waals surface area contributed by atoms with Gasteiger partial charge in [0.15, 0.2) is 23.3 Å². The Morgan fingerprint density at radius 1 is 0.333 bits per heavy atom. The third-order valence-electron chi connectivity index (χ3n) is 22.2. The number of carbonyl (C=O) groups excluding carboxylic acids is 1. The number of imidazole rings is 4. The Morgan fingerprint density at radius 3 is 1.05 bits per heavy atom. The summed E-state index contributed by atoms with van der Waals surface area (Å²) in [6, 6.07) is 57.7. The van der Waals surface area contributed by atoms with Crippen LogP contribution in [0.2, 0.25) is 0 Å². The van der Waals surface area contributed by atoms with Crippen molar-refractivity contribution in [2.24, 2.45) is 5.92 Å². The Balaban J connectivity index is 0.000000106. The predicted octanol–water partition coefficient (Wildman–Crippen LogP) is 19.2. The van der Waals surface area contributed by atoms with Crippen LogP contribution in [0.5, 0.6) is 0 Å². The van der Waals surface area contributed by atoms with E-state index in [1.165, 1.54) is 0 Å². The fourth-order valence-electron chi connectivity index (χ4n) is 15.9. The fraction of sp³-hybridized carbons (Fsp3) is 0.0700. The van der Waals surface area contributed by atoms with Crippen molar-refractivity contribution < 1.29 is 4.79 Å². The smallest absolute Gasteiger partial charge is 0.224 e. The van der Waals surface area contributed by atoms with Gasteiger partial charge < -0.3 is 36.3 Å². The number of nitrogens with zero attached hydrogens (tertiary/aromatic N) is 20. The highest BCUT2D eigenvalue weighted by molar-refractivity contribution is 6.03. The number of amides is 1. The maximum absolute atomic E-state index is 12.2. The molecule has 0 saturated heterocycles. The molecular weight excluding hydrogens is 1650 g/mol. The van der Waals surface area contributed by atoms with E-state index in [2.05, 4.69) is 181 Å². The molecule has 32 heteroatoms. The van der Waals surface area contributed by atoms with Crippen LogP contribution in [0, 0.1) is 5.92 Å². The molecule has 0 spiro atoms. The van der Waals surface area contributed by atoms with E-state index in [0.29, 0.717) is 46.8 Å². The van der Waals surface area contributed by atoms with Crippen LogP contribution in [0.15, 0.2) is 300 Å². The van der Waals surface area contributed by atoms with Crippen molar-refractivity contribution in [1.29, 1.82) is 0 Å². The molecule has 0 atom stereocenters. The summed E-state index contributed by atoms with van der Waals surface area (Å²) in [6.45, 7) is 7.85. The van der Waals surface area contributed by atoms with E-state index in [9.17, 15) is 4.79 Å². The van der Waals surface area contributed by atoms with Crippen LogP contribution in [0.4, 0.5) is 11.4 Å². The van der Waals surface area contributed by atoms with Crippen LogP contribution in [-0.4, -0.2) is 153 Å². The standard InChI is InChI=1S/C28H24N8O.C26H22N8.C23H16N8.C23H15N7/c1-16(2)9-25(37)32-19-10-18(12-29-13-19)17-6-7-23-20(11-17)27(36-35-23)28-33-24-15-30-14-21(26(24)34-28)22-5-3-4-8-31-22;1-2-27-11-16-9-18(13-28-12-16)17-6-7-22-19(10-17)25(34-33-22)26-31-23-15-29-14-20(24(23)32-26)21-5-3-4-8-30-21;24-15-7-14(9-25-10-15)13-4-5-19-16(8-13)22(31-30-19)23-28-20-12-26-11-17(21(20)29-23)18-3-1-2-6-27-18;1-2-9-26-18(5-1)17-12-25-13-20-21(17)28-23(27-20)22-16-10-14(6-7-19(16)29-30-22)15-4-3-8-24-11-15/h3-8,10-16H,9H2,1-2H3,(H,32,37)(H,33,34)(H,35,36);3-10,12-15,27H,2,11H2,1H3,(H,31,32)(H,33,34);1-12H,24H2,(H,28,29)(H,30,31);1-13H,(H,27,28)(H,29,30). The monoisotopic (exact) mass is 1730 g/mol. The van der Waals surface area contributed by atoms with Crippen molar-refractivity contribution in [3.05, 3.63) is 305 Å². The molecule has 24 aromatic rings. The number of fused-ring (bicyclic) bond motifs is 8. The Morgan fingerprint density at radius 2 is 0.689 bits per heavy atom. The van der Waals surface area contributed by atoms with Gasteiger partial charge in [-0.2, -0.15) is 20.4 Å². The number of H-pyrrole nitrogens is 8. The minimum absolute atomic E-state index is 0.0222. The van der Waals surface area contributed by atoms with Crippen molar-refractivity contribution in [2.45, 2.75) is 33.7 Å². The SMILES string of the molecule is CC(C)CC(=O)Nc1cncc(-c2ccc3[nH]nc(-c4nc5c(-c6ccccn6)cncc5[nH]4)c3c2)c1.CCNCc1cncc(-c2ccc3[nH]nc(-c4nc5c(-c6ccccn6)cncc5[nH]4)c3c2)c1.Nc1cncc(-c2ccc3[nH]nc(-c4nc5c(-c6ccccn6)cncc5[nH]4)c3c2)c1.c1ccc(-c2cncc3[nH]c(-c4n[nH]c5ccc(-c6cccnc6)cc45)nc23)nc1. The second kappa shape index (κ2) is 35.6. The van der Waals surface area contributed by atoms with Gasteiger partial charge in [0, 0.05) is 172 Å². The fourth-order valence-corrected chi connectivity index (χ4v) is 15.9. The Bertz CT molecular complexity index is 8310. The number of hydrogen-bond acceptors (Lipinski definition) is 23. The molecule has 0 radical (unpaired) electrons. The molecule has 0 saturated carbocycles. The number of hydrogen-bond donors (Lipinski definition) is 11. The quantitative estimate of drug-likeness (QED) is 0.0380. The number of anilines is 2. The summed E-state index contributed by atoms with van der Waals surface area (Å²) in [6.07, 6.45) is 36.0. The van der Waals surface area contributed by atoms with Gasteiger partial charge in [0.25, 0.3) is 0 Å². The molecule has 0 fully saturated rings. The molecule has 12 N–H and O–H groups in total. The van der Waals surface area contributed by atoms with Crippen molar-refractivity contribution in [1.82, 2.24) is 146 Å². The molecule has 24 rings (SSSR count). The van der Waals surface area contributed by atoms with Gasteiger partial charge >= 0.3 is 0 Å². The lowest BCUT2D eigenvalue weighted by molar-refractivity contribution is -0.116. The van der Waals surface area contributed by atoms with E-state index < -0.39 is 0 Å². The number of nitrogen functional groups attached to an aromatic ring is 1. The first-order chi connectivity index (χ1) is 65.0. The molecule has 638 valence electrons. The Kier molecular flexibility index (Phi) is 21.8. The maximum atomic E-state index is 12.2. The summed E-state index contributed by atoms with van der Waals surface area (Å²) in [5, 5.41) is 40.7. The van der Waals surface area contributed by atoms with Crippen LogP contribution in [0.25, 0.3) is 223 Å². The van der Waals surface area contributed by atoms with Crippen molar-refractivity contribution in [2.75, 3.05) is 17.6 Å². The van der Waals surface area contributed by atoms with E-state index in [1.807, 2.05) is 166 Å². The number of aromatic nitrogens is 28. The number of nitrogens with one attached hydrogen (secondary N) is 10. The molecule has 0 bridgehead atoms. The molecule has 32 nitrogen and oxygen atoms in total. The number of carbonyl (C=O) groups is 1. The molecule has 20 aromatic heterocycles. The van der Waals surface area contributed by atoms with E-state index in [4.69, 9.17) is 25.7 Å². The lowest BCUT2D eigenvalue weighted by Gasteiger charge is -2.09. The average Bonchev–Trinajstić information content (AvgIpc) is 1.63. The zero-order valence-electron chi connectivity index (χ0n) is 70.9. The molecule has 20 heterocycles. The highest BCUT2D eigenvalue weighted by atomic mass is 16.1. The van der Waals surface area contributed by atoms with Crippen LogP contribution >= 0.6 is 0 Å². The highest BCUT2D eigenvalue weighted by Gasteiger charge is 2.24. The van der Waals surface area contributed by atoms with Crippen LogP contribution in [0.3, 0.4) is 0 Å². The Hall–Kier alpha value is -18.3. The number of nitrogens with two attached hydrogens (primary N) is 1. The van der Waals surface area contributed by atoms with E-state index >= 15 is 0 Å². The largest absolute Gasteiger partial charge is 0.397 e.